The van der Waals surface area contributed by atoms with Gasteiger partial charge in [0.25, 0.3) is 0 Å². The fraction of sp³-hybridized carbons (Fsp3) is 0.167. The first kappa shape index (κ1) is 28.6. The molecular formula is C24H21F3O4S5. The lowest BCUT2D eigenvalue weighted by Gasteiger charge is -2.08. The first-order valence-corrected chi connectivity index (χ1v) is 15.3. The Bertz CT molecular complexity index is 1330. The largest absolute Gasteiger partial charge is 0.741 e. The van der Waals surface area contributed by atoms with Crippen LogP contribution in [0.15, 0.2) is 95.2 Å². The minimum absolute atomic E-state index is 0.0808. The Hall–Kier alpha value is -1.96. The molecule has 2 aromatic carbocycles. The second-order valence-corrected chi connectivity index (χ2v) is 14.6. The van der Waals surface area contributed by atoms with Crippen LogP contribution in [0.1, 0.15) is 11.1 Å². The van der Waals surface area contributed by atoms with E-state index in [1.54, 1.807) is 18.4 Å². The first-order valence-electron chi connectivity index (χ1n) is 10.2. The molecule has 0 radical (unpaired) electrons. The zero-order chi connectivity index (χ0) is 26.5. The lowest BCUT2D eigenvalue weighted by Crippen LogP contribution is -2.21. The summed E-state index contributed by atoms with van der Waals surface area (Å²) in [7, 11) is -4.45. The smallest absolute Gasteiger partial charge is 0.485 e. The van der Waals surface area contributed by atoms with Crippen molar-refractivity contribution in [3.8, 4) is 5.06 Å². The van der Waals surface area contributed by atoms with Gasteiger partial charge in [-0.05, 0) is 56.3 Å². The summed E-state index contributed by atoms with van der Waals surface area (Å²) >= 11 is 5.40. The van der Waals surface area contributed by atoms with Crippen molar-refractivity contribution in [2.24, 2.45) is 0 Å². The Labute approximate surface area is 223 Å². The normalized spacial score (nSPS) is 11.8. The van der Waals surface area contributed by atoms with E-state index in [-0.39, 0.29) is 10.9 Å². The van der Waals surface area contributed by atoms with E-state index in [0.717, 1.165) is 5.06 Å². The van der Waals surface area contributed by atoms with Crippen molar-refractivity contribution in [2.45, 2.75) is 41.8 Å². The predicted molar refractivity (Wildman–Crippen MR) is 140 cm³/mol. The van der Waals surface area contributed by atoms with Gasteiger partial charge in [-0.1, -0.05) is 69.8 Å². The molecule has 0 unspecified atom stereocenters. The maximum atomic E-state index is 10.7. The summed E-state index contributed by atoms with van der Waals surface area (Å²) < 4.78 is 68.2. The van der Waals surface area contributed by atoms with Gasteiger partial charge in [0.05, 0.1) is 15.5 Å². The number of methoxy groups -OCH3 is 1. The molecule has 0 N–H and O–H groups in total. The quantitative estimate of drug-likeness (QED) is 0.131. The van der Waals surface area contributed by atoms with Gasteiger partial charge >= 0.3 is 5.51 Å². The molecule has 2 heterocycles. The molecule has 0 saturated heterocycles. The standard InChI is InChI=1S/C23H21OS4.CHF3O3S/c1-16-4-8-18(9-5-16)28(19-10-6-17(2)7-11-19)23-15-14-22(27-23)26-21-13-12-20(24-3)25-21;2-1(3,4)8(5,6)7/h4-15H,1-3H3;(H,5,6,7)/q+1;/p-1. The Kier molecular flexibility index (Phi) is 9.58. The van der Waals surface area contributed by atoms with Crippen molar-refractivity contribution in [3.05, 3.63) is 83.9 Å². The van der Waals surface area contributed by atoms with Crippen LogP contribution in [0.2, 0.25) is 0 Å². The molecule has 4 nitrogen and oxygen atoms in total. The Balaban J connectivity index is 0.000000392. The average molecular weight is 591 g/mol. The van der Waals surface area contributed by atoms with Crippen LogP contribution in [-0.2, 0) is 21.0 Å². The van der Waals surface area contributed by atoms with E-state index in [4.69, 9.17) is 17.7 Å². The molecule has 0 atom stereocenters. The molecule has 36 heavy (non-hydrogen) atoms. The van der Waals surface area contributed by atoms with Gasteiger partial charge in [-0.15, -0.1) is 0 Å². The second kappa shape index (κ2) is 12.1. The number of hydrogen-bond donors (Lipinski definition) is 0. The molecule has 0 spiro atoms. The Morgan fingerprint density at radius 1 is 0.806 bits per heavy atom. The highest BCUT2D eigenvalue weighted by Crippen LogP contribution is 2.43. The Morgan fingerprint density at radius 2 is 1.25 bits per heavy atom. The van der Waals surface area contributed by atoms with Crippen LogP contribution in [0.5, 0.6) is 5.06 Å². The van der Waals surface area contributed by atoms with Gasteiger partial charge < -0.3 is 9.29 Å². The van der Waals surface area contributed by atoms with Crippen LogP contribution in [0, 0.1) is 13.8 Å². The number of alkyl halides is 3. The number of hydrogen-bond acceptors (Lipinski definition) is 7. The molecule has 0 bridgehead atoms. The summed E-state index contributed by atoms with van der Waals surface area (Å²) in [6.07, 6.45) is 0. The average Bonchev–Trinajstić information content (AvgIpc) is 3.45. The van der Waals surface area contributed by atoms with E-state index >= 15 is 0 Å². The zero-order valence-corrected chi connectivity index (χ0v) is 23.3. The monoisotopic (exact) mass is 590 g/mol. The van der Waals surface area contributed by atoms with E-state index in [2.05, 4.69) is 80.6 Å². The number of aryl methyl sites for hydroxylation is 2. The predicted octanol–water partition coefficient (Wildman–Crippen LogP) is 7.73. The highest BCUT2D eigenvalue weighted by Gasteiger charge is 2.37. The van der Waals surface area contributed by atoms with E-state index in [1.165, 1.54) is 33.5 Å². The third kappa shape index (κ3) is 7.77. The second-order valence-electron chi connectivity index (χ2n) is 7.29. The maximum Gasteiger partial charge on any atom is 0.485 e. The summed E-state index contributed by atoms with van der Waals surface area (Å²) in [4.78, 5) is 2.73. The van der Waals surface area contributed by atoms with E-state index in [0.29, 0.717) is 0 Å². The lowest BCUT2D eigenvalue weighted by atomic mass is 10.2. The third-order valence-corrected chi connectivity index (χ3v) is 11.0. The van der Waals surface area contributed by atoms with Gasteiger partial charge in [0.1, 0.15) is 10.9 Å². The van der Waals surface area contributed by atoms with Crippen molar-refractivity contribution in [2.75, 3.05) is 7.11 Å². The van der Waals surface area contributed by atoms with Crippen LogP contribution in [-0.4, -0.2) is 25.6 Å². The van der Waals surface area contributed by atoms with Crippen molar-refractivity contribution < 1.29 is 30.9 Å². The molecule has 0 fully saturated rings. The summed E-state index contributed by atoms with van der Waals surface area (Å²) in [6, 6.07) is 26.6. The molecule has 192 valence electrons. The molecule has 2 aromatic heterocycles. The van der Waals surface area contributed by atoms with Gasteiger partial charge in [0.2, 0.25) is 4.21 Å². The van der Waals surface area contributed by atoms with Gasteiger partial charge in [-0.25, -0.2) is 8.42 Å². The minimum Gasteiger partial charge on any atom is -0.741 e. The number of benzene rings is 2. The van der Waals surface area contributed by atoms with Gasteiger partial charge in [-0.2, -0.15) is 13.2 Å². The van der Waals surface area contributed by atoms with Crippen molar-refractivity contribution in [1.82, 2.24) is 0 Å². The number of ether oxygens (including phenoxy) is 1. The molecule has 4 aromatic rings. The molecule has 12 heteroatoms. The fourth-order valence-electron chi connectivity index (χ4n) is 2.75. The first-order chi connectivity index (χ1) is 16.9. The minimum atomic E-state index is -6.09. The van der Waals surface area contributed by atoms with Gasteiger partial charge in [-0.3, -0.25) is 0 Å². The molecule has 4 rings (SSSR count). The van der Waals surface area contributed by atoms with Crippen molar-refractivity contribution in [1.29, 1.82) is 0 Å². The van der Waals surface area contributed by atoms with Gasteiger partial charge in [0.15, 0.2) is 25.0 Å². The highest BCUT2D eigenvalue weighted by atomic mass is 32.2. The SMILES string of the molecule is COc1ccc(Sc2ccc([S+](c3ccc(C)cc3)c3ccc(C)cc3)s2)s1.O=S(=O)([O-])C(F)(F)F. The summed E-state index contributed by atoms with van der Waals surface area (Å²) in [5.41, 5.74) is -3.05. The number of rotatable bonds is 6. The Morgan fingerprint density at radius 3 is 1.67 bits per heavy atom. The van der Waals surface area contributed by atoms with Crippen LogP contribution in [0.3, 0.4) is 0 Å². The number of halogens is 3. The highest BCUT2D eigenvalue weighted by molar-refractivity contribution is 8.04. The van der Waals surface area contributed by atoms with E-state index in [1.807, 2.05) is 29.2 Å². The van der Waals surface area contributed by atoms with Crippen molar-refractivity contribution in [3.63, 3.8) is 0 Å². The summed E-state index contributed by atoms with van der Waals surface area (Å²) in [5, 5.41) is 0.957. The molecule has 0 saturated carbocycles. The van der Waals surface area contributed by atoms with Gasteiger partial charge in [0, 0.05) is 6.07 Å². The lowest BCUT2D eigenvalue weighted by molar-refractivity contribution is -0.0517. The molecule has 0 aliphatic rings. The third-order valence-electron chi connectivity index (χ3n) is 4.51. The fourth-order valence-corrected chi connectivity index (χ4v) is 8.89. The number of thiophene rings is 2. The molecular weight excluding hydrogens is 570 g/mol. The molecule has 0 aliphatic heterocycles. The van der Waals surface area contributed by atoms with Crippen molar-refractivity contribution >= 4 is 55.4 Å². The van der Waals surface area contributed by atoms with E-state index in [9.17, 15) is 13.2 Å². The summed E-state index contributed by atoms with van der Waals surface area (Å²) in [5.74, 6) is 0. The molecule has 0 amide bonds. The van der Waals surface area contributed by atoms with Crippen LogP contribution in [0.4, 0.5) is 13.2 Å². The zero-order valence-electron chi connectivity index (χ0n) is 19.2. The topological polar surface area (TPSA) is 66.4 Å². The van der Waals surface area contributed by atoms with Crippen LogP contribution in [0.25, 0.3) is 0 Å². The van der Waals surface area contributed by atoms with Crippen LogP contribution < -0.4 is 4.74 Å². The summed E-state index contributed by atoms with van der Waals surface area (Å²) in [6.45, 7) is 4.28. The maximum absolute atomic E-state index is 10.7. The van der Waals surface area contributed by atoms with E-state index < -0.39 is 15.6 Å². The molecule has 0 aliphatic carbocycles. The van der Waals surface area contributed by atoms with Crippen LogP contribution >= 0.6 is 34.4 Å².